The summed E-state index contributed by atoms with van der Waals surface area (Å²) in [6.07, 6.45) is 5.70. The Kier molecular flexibility index (Phi) is 6.18. The van der Waals surface area contributed by atoms with E-state index >= 15 is 0 Å². The van der Waals surface area contributed by atoms with Crippen molar-refractivity contribution in [3.8, 4) is 0 Å². The Morgan fingerprint density at radius 3 is 2.18 bits per heavy atom. The predicted molar refractivity (Wildman–Crippen MR) is 114 cm³/mol. The molecule has 0 aliphatic heterocycles. The molecule has 2 aromatic carbocycles. The van der Waals surface area contributed by atoms with Crippen LogP contribution in [0.25, 0.3) is 0 Å². The topological polar surface area (TPSA) is 58.2 Å². The Bertz CT molecular complexity index is 828. The van der Waals surface area contributed by atoms with Gasteiger partial charge < -0.3 is 10.6 Å². The lowest BCUT2D eigenvalue weighted by atomic mass is 9.87. The van der Waals surface area contributed by atoms with Gasteiger partial charge in [-0.25, -0.2) is 0 Å². The van der Waals surface area contributed by atoms with Gasteiger partial charge in [-0.05, 0) is 54.2 Å². The van der Waals surface area contributed by atoms with E-state index in [1.54, 1.807) is 24.3 Å². The number of nitrogens with one attached hydrogen (secondary N) is 2. The van der Waals surface area contributed by atoms with Crippen molar-refractivity contribution >= 4 is 17.5 Å². The van der Waals surface area contributed by atoms with Crippen LogP contribution in [0.4, 0.5) is 5.69 Å². The van der Waals surface area contributed by atoms with Crippen LogP contribution in [-0.2, 0) is 5.41 Å². The molecule has 1 fully saturated rings. The number of hydrogen-bond acceptors (Lipinski definition) is 2. The Morgan fingerprint density at radius 2 is 1.54 bits per heavy atom. The van der Waals surface area contributed by atoms with Crippen molar-refractivity contribution in [1.82, 2.24) is 5.32 Å². The number of benzene rings is 2. The molecule has 0 radical (unpaired) electrons. The van der Waals surface area contributed by atoms with Crippen LogP contribution in [0, 0.1) is 0 Å². The van der Waals surface area contributed by atoms with Gasteiger partial charge in [0.1, 0.15) is 0 Å². The van der Waals surface area contributed by atoms with Crippen LogP contribution in [0.5, 0.6) is 0 Å². The maximum absolute atomic E-state index is 12.6. The normalized spacial score (nSPS) is 15.1. The second-order valence-corrected chi connectivity index (χ2v) is 8.67. The van der Waals surface area contributed by atoms with Crippen LogP contribution < -0.4 is 10.6 Å². The summed E-state index contributed by atoms with van der Waals surface area (Å²) < 4.78 is 0. The van der Waals surface area contributed by atoms with Crippen LogP contribution in [0.1, 0.15) is 79.2 Å². The zero-order chi connectivity index (χ0) is 20.1. The molecule has 2 aromatic rings. The van der Waals surface area contributed by atoms with Gasteiger partial charge in [-0.3, -0.25) is 9.59 Å². The van der Waals surface area contributed by atoms with Gasteiger partial charge in [0.25, 0.3) is 11.8 Å². The molecule has 2 N–H and O–H groups in total. The molecule has 1 saturated carbocycles. The highest BCUT2D eigenvalue weighted by Crippen LogP contribution is 2.23. The summed E-state index contributed by atoms with van der Waals surface area (Å²) in [5.41, 5.74) is 3.04. The maximum Gasteiger partial charge on any atom is 0.255 e. The van der Waals surface area contributed by atoms with E-state index in [0.717, 1.165) is 12.8 Å². The summed E-state index contributed by atoms with van der Waals surface area (Å²) in [7, 11) is 0. The summed E-state index contributed by atoms with van der Waals surface area (Å²) in [4.78, 5) is 25.1. The standard InChI is InChI=1S/C24H30N2O2/c1-24(2,3)19-14-12-17(13-15-19)22(27)26-21-11-7-8-18(16-21)23(28)25-20-9-5-4-6-10-20/h7-8,11-16,20H,4-6,9-10H2,1-3H3,(H,25,28)(H,26,27). The van der Waals surface area contributed by atoms with E-state index < -0.39 is 0 Å². The van der Waals surface area contributed by atoms with E-state index in [2.05, 4.69) is 31.4 Å². The highest BCUT2D eigenvalue weighted by Gasteiger charge is 2.17. The highest BCUT2D eigenvalue weighted by atomic mass is 16.2. The monoisotopic (exact) mass is 378 g/mol. The molecule has 4 nitrogen and oxygen atoms in total. The molecule has 0 bridgehead atoms. The Morgan fingerprint density at radius 1 is 0.857 bits per heavy atom. The molecule has 2 amide bonds. The molecule has 4 heteroatoms. The van der Waals surface area contributed by atoms with Gasteiger partial charge in [-0.2, -0.15) is 0 Å². The van der Waals surface area contributed by atoms with Crippen molar-refractivity contribution in [2.45, 2.75) is 64.3 Å². The molecule has 1 aliphatic rings. The smallest absolute Gasteiger partial charge is 0.255 e. The first-order valence-electron chi connectivity index (χ1n) is 10.2. The number of anilines is 1. The van der Waals surface area contributed by atoms with Gasteiger partial charge >= 0.3 is 0 Å². The highest BCUT2D eigenvalue weighted by molar-refractivity contribution is 6.05. The summed E-state index contributed by atoms with van der Waals surface area (Å²) in [5, 5.41) is 6.01. The van der Waals surface area contributed by atoms with E-state index in [4.69, 9.17) is 0 Å². The molecule has 1 aliphatic carbocycles. The summed E-state index contributed by atoms with van der Waals surface area (Å²) in [6.45, 7) is 6.43. The molecular weight excluding hydrogens is 348 g/mol. The second kappa shape index (κ2) is 8.59. The molecule has 0 saturated heterocycles. The fourth-order valence-electron chi connectivity index (χ4n) is 3.58. The fraction of sp³-hybridized carbons (Fsp3) is 0.417. The van der Waals surface area contributed by atoms with E-state index in [1.807, 2.05) is 24.3 Å². The van der Waals surface area contributed by atoms with Crippen LogP contribution >= 0.6 is 0 Å². The van der Waals surface area contributed by atoms with Gasteiger partial charge in [0.2, 0.25) is 0 Å². The van der Waals surface area contributed by atoms with Crippen molar-refractivity contribution in [2.24, 2.45) is 0 Å². The molecular formula is C24H30N2O2. The van der Waals surface area contributed by atoms with Crippen molar-refractivity contribution < 1.29 is 9.59 Å². The first kappa shape index (κ1) is 20.1. The van der Waals surface area contributed by atoms with Crippen molar-refractivity contribution in [3.63, 3.8) is 0 Å². The lowest BCUT2D eigenvalue weighted by Crippen LogP contribution is -2.36. The zero-order valence-electron chi connectivity index (χ0n) is 17.0. The minimum atomic E-state index is -0.176. The lowest BCUT2D eigenvalue weighted by Gasteiger charge is -2.22. The van der Waals surface area contributed by atoms with E-state index in [9.17, 15) is 9.59 Å². The molecule has 0 heterocycles. The van der Waals surface area contributed by atoms with Crippen molar-refractivity contribution in [2.75, 3.05) is 5.32 Å². The first-order chi connectivity index (χ1) is 13.3. The largest absolute Gasteiger partial charge is 0.349 e. The third-order valence-electron chi connectivity index (χ3n) is 5.34. The fourth-order valence-corrected chi connectivity index (χ4v) is 3.58. The molecule has 0 unspecified atom stereocenters. The van der Waals surface area contributed by atoms with Crippen LogP contribution in [0.3, 0.4) is 0 Å². The van der Waals surface area contributed by atoms with E-state index in [-0.39, 0.29) is 23.3 Å². The number of hydrogen-bond donors (Lipinski definition) is 2. The van der Waals surface area contributed by atoms with Gasteiger partial charge in [-0.1, -0.05) is 58.2 Å². The second-order valence-electron chi connectivity index (χ2n) is 8.67. The van der Waals surface area contributed by atoms with Crippen molar-refractivity contribution in [3.05, 3.63) is 65.2 Å². The van der Waals surface area contributed by atoms with Crippen molar-refractivity contribution in [1.29, 1.82) is 0 Å². The predicted octanol–water partition coefficient (Wildman–Crippen LogP) is 5.30. The molecule has 0 atom stereocenters. The number of rotatable bonds is 4. The number of amides is 2. The summed E-state index contributed by atoms with van der Waals surface area (Å²) in [6, 6.07) is 15.1. The molecule has 0 aromatic heterocycles. The zero-order valence-corrected chi connectivity index (χ0v) is 17.0. The van der Waals surface area contributed by atoms with Gasteiger partial charge in [0, 0.05) is 22.9 Å². The first-order valence-corrected chi connectivity index (χ1v) is 10.2. The van der Waals surface area contributed by atoms with Gasteiger partial charge in [0.15, 0.2) is 0 Å². The average molecular weight is 379 g/mol. The van der Waals surface area contributed by atoms with Crippen LogP contribution in [-0.4, -0.2) is 17.9 Å². The molecule has 0 spiro atoms. The van der Waals surface area contributed by atoms with Gasteiger partial charge in [0.05, 0.1) is 0 Å². The third kappa shape index (κ3) is 5.22. The number of carbonyl (C=O) groups excluding carboxylic acids is 2. The SMILES string of the molecule is CC(C)(C)c1ccc(C(=O)Nc2cccc(C(=O)NC3CCCCC3)c2)cc1. The molecule has 28 heavy (non-hydrogen) atoms. The van der Waals surface area contributed by atoms with E-state index in [1.165, 1.54) is 24.8 Å². The third-order valence-corrected chi connectivity index (χ3v) is 5.34. The Balaban J connectivity index is 1.65. The minimum absolute atomic E-state index is 0.0506. The molecule has 3 rings (SSSR count). The summed E-state index contributed by atoms with van der Waals surface area (Å²) in [5.74, 6) is -0.247. The minimum Gasteiger partial charge on any atom is -0.349 e. The van der Waals surface area contributed by atoms with Crippen LogP contribution in [0.15, 0.2) is 48.5 Å². The molecule has 148 valence electrons. The average Bonchev–Trinajstić information content (AvgIpc) is 2.68. The lowest BCUT2D eigenvalue weighted by molar-refractivity contribution is 0.0926. The quantitative estimate of drug-likeness (QED) is 0.758. The Hall–Kier alpha value is -2.62. The number of carbonyl (C=O) groups is 2. The Labute approximate surface area is 167 Å². The summed E-state index contributed by atoms with van der Waals surface area (Å²) >= 11 is 0. The van der Waals surface area contributed by atoms with Crippen LogP contribution in [0.2, 0.25) is 0 Å². The van der Waals surface area contributed by atoms with E-state index in [0.29, 0.717) is 16.8 Å². The van der Waals surface area contributed by atoms with Gasteiger partial charge in [-0.15, -0.1) is 0 Å². The maximum atomic E-state index is 12.6.